The molecule has 6 rings (SSSR count). The number of hydrogen-bond donors (Lipinski definition) is 2. The number of rotatable bonds is 5. The van der Waals surface area contributed by atoms with Crippen molar-refractivity contribution in [1.29, 1.82) is 0 Å². The number of nitrogens with one attached hydrogen (secondary N) is 1. The van der Waals surface area contributed by atoms with Crippen molar-refractivity contribution >= 4 is 60.8 Å². The van der Waals surface area contributed by atoms with Crippen molar-refractivity contribution < 1.29 is 9.90 Å². The molecule has 0 fully saturated rings. The summed E-state index contributed by atoms with van der Waals surface area (Å²) in [5, 5.41) is 22.6. The summed E-state index contributed by atoms with van der Waals surface area (Å²) in [7, 11) is 0. The molecule has 162 valence electrons. The molecule has 0 bridgehead atoms. The molecular weight excluding hydrogens is 454 g/mol. The average Bonchev–Trinajstić information content (AvgIpc) is 3.51. The molecular formula is C26H18ClN3O2S. The van der Waals surface area contributed by atoms with E-state index in [4.69, 9.17) is 11.6 Å². The van der Waals surface area contributed by atoms with Gasteiger partial charge in [-0.25, -0.2) is 0 Å². The summed E-state index contributed by atoms with van der Waals surface area (Å²) in [5.41, 5.74) is 6.12. The van der Waals surface area contributed by atoms with Crippen LogP contribution in [0.25, 0.3) is 43.0 Å². The van der Waals surface area contributed by atoms with Gasteiger partial charge >= 0.3 is 5.97 Å². The molecule has 0 aliphatic rings. The van der Waals surface area contributed by atoms with E-state index in [-0.39, 0.29) is 6.42 Å². The number of carboxylic acids is 1. The van der Waals surface area contributed by atoms with E-state index >= 15 is 0 Å². The number of hydrogen-bond acceptors (Lipinski definition) is 3. The Morgan fingerprint density at radius 3 is 2.76 bits per heavy atom. The molecule has 0 aliphatic carbocycles. The Balaban J connectivity index is 1.49. The molecule has 6 aromatic rings. The van der Waals surface area contributed by atoms with Crippen molar-refractivity contribution in [1.82, 2.24) is 14.8 Å². The van der Waals surface area contributed by atoms with Gasteiger partial charge in [0, 0.05) is 38.8 Å². The van der Waals surface area contributed by atoms with Crippen LogP contribution in [0.2, 0.25) is 5.02 Å². The van der Waals surface area contributed by atoms with Gasteiger partial charge in [0.1, 0.15) is 0 Å². The zero-order chi connectivity index (χ0) is 22.5. The number of fused-ring (bicyclic) bond motifs is 3. The second-order valence-corrected chi connectivity index (χ2v) is 9.51. The minimum absolute atomic E-state index is 0.0147. The van der Waals surface area contributed by atoms with Crippen LogP contribution in [0.4, 0.5) is 0 Å². The minimum atomic E-state index is -0.837. The Hall–Kier alpha value is -3.61. The Morgan fingerprint density at radius 2 is 1.88 bits per heavy atom. The third kappa shape index (κ3) is 3.57. The number of carboxylic acid groups (broad SMARTS) is 1. The van der Waals surface area contributed by atoms with Crippen LogP contribution in [0, 0.1) is 0 Å². The number of carbonyl (C=O) groups is 1. The summed E-state index contributed by atoms with van der Waals surface area (Å²) < 4.78 is 3.33. The monoisotopic (exact) mass is 471 g/mol. The summed E-state index contributed by atoms with van der Waals surface area (Å²) in [5.74, 6) is -0.837. The number of thiophene rings is 1. The first-order chi connectivity index (χ1) is 16.0. The zero-order valence-electron chi connectivity index (χ0n) is 17.4. The molecule has 0 saturated carbocycles. The number of aromatic amines is 1. The number of benzene rings is 3. The molecule has 3 heterocycles. The standard InChI is InChI=1S/C26H18ClN3O2S/c27-20-4-6-25-22(10-20)19(14-33-25)13-30-12-18(9-26(31)32)21-5-3-16(8-24(21)30)15-1-2-17-11-28-29-23(17)7-15/h1-8,10-12,14H,9,13H2,(H,28,29)(H,31,32). The SMILES string of the molecule is O=C(O)Cc1cn(Cc2csc3ccc(Cl)cc23)c2cc(-c3ccc4cn[nH]c4c3)ccc12. The fourth-order valence-corrected chi connectivity index (χ4v) is 5.57. The minimum Gasteiger partial charge on any atom is -0.481 e. The van der Waals surface area contributed by atoms with E-state index in [2.05, 4.69) is 50.5 Å². The fourth-order valence-electron chi connectivity index (χ4n) is 4.46. The largest absolute Gasteiger partial charge is 0.481 e. The average molecular weight is 472 g/mol. The van der Waals surface area contributed by atoms with Gasteiger partial charge in [-0.05, 0) is 63.4 Å². The van der Waals surface area contributed by atoms with E-state index in [9.17, 15) is 9.90 Å². The van der Waals surface area contributed by atoms with Crippen molar-refractivity contribution in [3.63, 3.8) is 0 Å². The van der Waals surface area contributed by atoms with E-state index in [1.807, 2.05) is 36.7 Å². The molecule has 3 aromatic heterocycles. The molecule has 0 radical (unpaired) electrons. The van der Waals surface area contributed by atoms with Crippen LogP contribution in [0.15, 0.2) is 72.4 Å². The maximum atomic E-state index is 11.5. The lowest BCUT2D eigenvalue weighted by molar-refractivity contribution is -0.136. The Kier molecular flexibility index (Phi) is 4.71. The molecule has 0 atom stereocenters. The summed E-state index contributed by atoms with van der Waals surface area (Å²) in [4.78, 5) is 11.5. The van der Waals surface area contributed by atoms with Gasteiger partial charge in [-0.15, -0.1) is 11.3 Å². The highest BCUT2D eigenvalue weighted by molar-refractivity contribution is 7.17. The Bertz CT molecular complexity index is 1680. The number of aliphatic carboxylic acids is 1. The van der Waals surface area contributed by atoms with Crippen molar-refractivity contribution in [2.45, 2.75) is 13.0 Å². The van der Waals surface area contributed by atoms with Crippen molar-refractivity contribution in [3.8, 4) is 11.1 Å². The third-order valence-corrected chi connectivity index (χ3v) is 7.29. The molecule has 5 nitrogen and oxygen atoms in total. The highest BCUT2D eigenvalue weighted by atomic mass is 35.5. The van der Waals surface area contributed by atoms with Gasteiger partial charge in [-0.2, -0.15) is 5.10 Å². The van der Waals surface area contributed by atoms with E-state index in [1.165, 1.54) is 10.3 Å². The van der Waals surface area contributed by atoms with Crippen LogP contribution in [0.1, 0.15) is 11.1 Å². The summed E-state index contributed by atoms with van der Waals surface area (Å²) in [6.45, 7) is 0.638. The van der Waals surface area contributed by atoms with Crippen molar-refractivity contribution in [2.24, 2.45) is 0 Å². The Labute approximate surface area is 197 Å². The Morgan fingerprint density at radius 1 is 1.03 bits per heavy atom. The van der Waals surface area contributed by atoms with Gasteiger partial charge in [-0.1, -0.05) is 35.9 Å². The van der Waals surface area contributed by atoms with Crippen LogP contribution in [0.3, 0.4) is 0 Å². The van der Waals surface area contributed by atoms with Crippen LogP contribution < -0.4 is 0 Å². The first-order valence-corrected chi connectivity index (χ1v) is 11.7. The van der Waals surface area contributed by atoms with Gasteiger partial charge in [0.25, 0.3) is 0 Å². The molecule has 7 heteroatoms. The topological polar surface area (TPSA) is 70.9 Å². The number of H-pyrrole nitrogens is 1. The maximum Gasteiger partial charge on any atom is 0.307 e. The molecule has 33 heavy (non-hydrogen) atoms. The van der Waals surface area contributed by atoms with E-state index in [0.717, 1.165) is 43.9 Å². The molecule has 0 saturated heterocycles. The lowest BCUT2D eigenvalue weighted by atomic mass is 10.0. The lowest BCUT2D eigenvalue weighted by Gasteiger charge is -2.08. The van der Waals surface area contributed by atoms with Crippen molar-refractivity contribution in [3.05, 3.63) is 88.5 Å². The fraction of sp³-hybridized carbons (Fsp3) is 0.0769. The van der Waals surface area contributed by atoms with Crippen molar-refractivity contribution in [2.75, 3.05) is 0 Å². The van der Waals surface area contributed by atoms with E-state index < -0.39 is 5.97 Å². The number of nitrogens with zero attached hydrogens (tertiary/aromatic N) is 2. The predicted molar refractivity (Wildman–Crippen MR) is 134 cm³/mol. The maximum absolute atomic E-state index is 11.5. The van der Waals surface area contributed by atoms with Crippen LogP contribution in [-0.4, -0.2) is 25.8 Å². The molecule has 3 aromatic carbocycles. The van der Waals surface area contributed by atoms with Gasteiger partial charge in [-0.3, -0.25) is 9.89 Å². The second-order valence-electron chi connectivity index (χ2n) is 8.16. The van der Waals surface area contributed by atoms with Gasteiger partial charge in [0.15, 0.2) is 0 Å². The van der Waals surface area contributed by atoms with Crippen LogP contribution in [0.5, 0.6) is 0 Å². The summed E-state index contributed by atoms with van der Waals surface area (Å²) in [6.07, 6.45) is 3.76. The van der Waals surface area contributed by atoms with Gasteiger partial charge < -0.3 is 9.67 Å². The number of aromatic nitrogens is 3. The van der Waals surface area contributed by atoms with Crippen LogP contribution >= 0.6 is 22.9 Å². The highest BCUT2D eigenvalue weighted by Gasteiger charge is 2.15. The molecule has 2 N–H and O–H groups in total. The van der Waals surface area contributed by atoms with Crippen LogP contribution in [-0.2, 0) is 17.8 Å². The smallest absolute Gasteiger partial charge is 0.307 e. The van der Waals surface area contributed by atoms with Gasteiger partial charge in [0.2, 0.25) is 0 Å². The second kappa shape index (κ2) is 7.76. The van der Waals surface area contributed by atoms with Gasteiger partial charge in [0.05, 0.1) is 18.1 Å². The first-order valence-electron chi connectivity index (χ1n) is 10.5. The predicted octanol–water partition coefficient (Wildman–Crippen LogP) is 6.73. The summed E-state index contributed by atoms with van der Waals surface area (Å²) in [6, 6.07) is 18.4. The third-order valence-electron chi connectivity index (χ3n) is 6.04. The zero-order valence-corrected chi connectivity index (χ0v) is 19.0. The molecule has 0 unspecified atom stereocenters. The van der Waals surface area contributed by atoms with E-state index in [0.29, 0.717) is 11.6 Å². The number of halogens is 1. The molecule has 0 amide bonds. The van der Waals surface area contributed by atoms with E-state index in [1.54, 1.807) is 11.3 Å². The highest BCUT2D eigenvalue weighted by Crippen LogP contribution is 2.33. The normalized spacial score (nSPS) is 11.7. The molecule has 0 spiro atoms. The quantitative estimate of drug-likeness (QED) is 0.293. The summed E-state index contributed by atoms with van der Waals surface area (Å²) >= 11 is 7.95. The lowest BCUT2D eigenvalue weighted by Crippen LogP contribution is -2.00. The first kappa shape index (κ1) is 20.0. The molecule has 0 aliphatic heterocycles.